The van der Waals surface area contributed by atoms with Crippen LogP contribution in [0.3, 0.4) is 0 Å². The lowest BCUT2D eigenvalue weighted by molar-refractivity contribution is 0.0954. The van der Waals surface area contributed by atoms with Crippen LogP contribution in [0.4, 0.5) is 5.69 Å². The number of amides is 2. The molecule has 0 aliphatic carbocycles. The second-order valence-electron chi connectivity index (χ2n) is 9.11. The van der Waals surface area contributed by atoms with E-state index in [1.807, 2.05) is 49.2 Å². The van der Waals surface area contributed by atoms with Gasteiger partial charge in [-0.2, -0.15) is 11.8 Å². The summed E-state index contributed by atoms with van der Waals surface area (Å²) in [6.07, 6.45) is 13.4. The topological polar surface area (TPSA) is 67.4 Å². The molecule has 0 heterocycles. The van der Waals surface area contributed by atoms with Gasteiger partial charge in [0.2, 0.25) is 0 Å². The minimum Gasteiger partial charge on any atom is -0.491 e. The van der Waals surface area contributed by atoms with E-state index in [1.54, 1.807) is 30.0 Å². The van der Waals surface area contributed by atoms with Gasteiger partial charge in [-0.3, -0.25) is 9.59 Å². The summed E-state index contributed by atoms with van der Waals surface area (Å²) in [5.74, 6) is 2.13. The van der Waals surface area contributed by atoms with Crippen molar-refractivity contribution in [3.63, 3.8) is 0 Å². The fourth-order valence-electron chi connectivity index (χ4n) is 3.80. The quantitative estimate of drug-likeness (QED) is 0.138. The average Bonchev–Trinajstić information content (AvgIpc) is 2.91. The number of thioether (sulfide) groups is 2. The minimum atomic E-state index is -0.221. The summed E-state index contributed by atoms with van der Waals surface area (Å²) in [7, 11) is 0. The molecule has 0 unspecified atom stereocenters. The molecule has 2 rings (SSSR count). The molecule has 0 bridgehead atoms. The second-order valence-corrected chi connectivity index (χ2v) is 11.3. The number of hydrogen-bond donors (Lipinski definition) is 2. The van der Waals surface area contributed by atoms with Crippen molar-refractivity contribution in [1.82, 2.24) is 5.32 Å². The van der Waals surface area contributed by atoms with Crippen molar-refractivity contribution in [3.8, 4) is 5.75 Å². The van der Waals surface area contributed by atoms with Gasteiger partial charge in [0.1, 0.15) is 5.75 Å². The number of nitrogens with one attached hydrogen (secondary N) is 2. The van der Waals surface area contributed by atoms with E-state index < -0.39 is 0 Å². The van der Waals surface area contributed by atoms with E-state index in [0.29, 0.717) is 35.7 Å². The number of carbonyl (C=O) groups is 2. The molecule has 2 amide bonds. The van der Waals surface area contributed by atoms with Crippen LogP contribution in [0.25, 0.3) is 0 Å². The molecule has 204 valence electrons. The molecule has 0 radical (unpaired) electrons. The number of ether oxygens (including phenoxy) is 1. The number of anilines is 1. The van der Waals surface area contributed by atoms with Gasteiger partial charge in [0, 0.05) is 28.3 Å². The van der Waals surface area contributed by atoms with Crippen LogP contribution in [0.5, 0.6) is 5.75 Å². The van der Waals surface area contributed by atoms with E-state index >= 15 is 0 Å². The number of unbranched alkanes of at least 4 members (excludes halogenated alkanes) is 7. The summed E-state index contributed by atoms with van der Waals surface area (Å²) in [5, 5.41) is 5.85. The van der Waals surface area contributed by atoms with Crippen LogP contribution < -0.4 is 15.4 Å². The van der Waals surface area contributed by atoms with Gasteiger partial charge >= 0.3 is 0 Å². The molecule has 37 heavy (non-hydrogen) atoms. The van der Waals surface area contributed by atoms with Gasteiger partial charge < -0.3 is 15.4 Å². The lowest BCUT2D eigenvalue weighted by atomic mass is 10.1. The highest BCUT2D eigenvalue weighted by Gasteiger charge is 2.14. The molecule has 0 saturated carbocycles. The normalized spacial score (nSPS) is 10.8. The van der Waals surface area contributed by atoms with E-state index in [1.165, 1.54) is 56.3 Å². The van der Waals surface area contributed by atoms with Crippen LogP contribution in [-0.4, -0.2) is 42.7 Å². The van der Waals surface area contributed by atoms with E-state index in [9.17, 15) is 9.59 Å². The van der Waals surface area contributed by atoms with Gasteiger partial charge in [-0.25, -0.2) is 0 Å². The van der Waals surface area contributed by atoms with E-state index in [0.717, 1.165) is 17.9 Å². The summed E-state index contributed by atoms with van der Waals surface area (Å²) < 4.78 is 5.82. The van der Waals surface area contributed by atoms with Gasteiger partial charge in [0.05, 0.1) is 12.3 Å². The van der Waals surface area contributed by atoms with Crippen LogP contribution >= 0.6 is 23.5 Å². The third kappa shape index (κ3) is 12.3. The first-order valence-corrected chi connectivity index (χ1v) is 16.0. The van der Waals surface area contributed by atoms with Gasteiger partial charge in [-0.05, 0) is 67.3 Å². The Balaban J connectivity index is 1.89. The second kappa shape index (κ2) is 19.0. The van der Waals surface area contributed by atoms with Crippen molar-refractivity contribution >= 4 is 41.0 Å². The first-order valence-electron chi connectivity index (χ1n) is 13.7. The monoisotopic (exact) mass is 544 g/mol. The Hall–Kier alpha value is -2.12. The molecule has 0 aromatic heterocycles. The Morgan fingerprint density at radius 3 is 2.14 bits per heavy atom. The molecule has 0 saturated heterocycles. The molecule has 0 spiro atoms. The maximum Gasteiger partial charge on any atom is 0.255 e. The molecule has 2 N–H and O–H groups in total. The Kier molecular flexibility index (Phi) is 16.0. The summed E-state index contributed by atoms with van der Waals surface area (Å²) in [6.45, 7) is 5.41. The summed E-state index contributed by atoms with van der Waals surface area (Å²) in [6, 6.07) is 12.9. The molecule has 0 fully saturated rings. The fourth-order valence-corrected chi connectivity index (χ4v) is 5.02. The lowest BCUT2D eigenvalue weighted by Crippen LogP contribution is -2.26. The highest BCUT2D eigenvalue weighted by atomic mass is 32.2. The third-order valence-electron chi connectivity index (χ3n) is 5.93. The van der Waals surface area contributed by atoms with E-state index in [4.69, 9.17) is 4.74 Å². The van der Waals surface area contributed by atoms with Crippen molar-refractivity contribution < 1.29 is 14.3 Å². The molecular formula is C30H44N2O3S2. The predicted octanol–water partition coefficient (Wildman–Crippen LogP) is 8.05. The maximum absolute atomic E-state index is 13.0. The van der Waals surface area contributed by atoms with Crippen LogP contribution in [0.1, 0.15) is 92.4 Å². The Morgan fingerprint density at radius 2 is 1.46 bits per heavy atom. The molecule has 5 nitrogen and oxygen atoms in total. The lowest BCUT2D eigenvalue weighted by Gasteiger charge is -2.14. The molecule has 2 aromatic carbocycles. The molecule has 2 aromatic rings. The first-order chi connectivity index (χ1) is 18.1. The van der Waals surface area contributed by atoms with Crippen molar-refractivity contribution in [2.45, 2.75) is 76.5 Å². The minimum absolute atomic E-state index is 0.163. The summed E-state index contributed by atoms with van der Waals surface area (Å²) in [4.78, 5) is 26.7. The molecule has 0 atom stereocenters. The van der Waals surface area contributed by atoms with Gasteiger partial charge in [-0.15, -0.1) is 11.8 Å². The van der Waals surface area contributed by atoms with E-state index in [-0.39, 0.29) is 11.8 Å². The Labute approximate surface area is 232 Å². The molecule has 0 aliphatic rings. The average molecular weight is 545 g/mol. The van der Waals surface area contributed by atoms with Crippen LogP contribution in [-0.2, 0) is 0 Å². The first kappa shape index (κ1) is 31.1. The number of rotatable bonds is 19. The Bertz CT molecular complexity index is 935. The van der Waals surface area contributed by atoms with Crippen LogP contribution in [0, 0.1) is 0 Å². The maximum atomic E-state index is 13.0. The zero-order valence-electron chi connectivity index (χ0n) is 22.8. The number of benzene rings is 2. The zero-order chi connectivity index (χ0) is 26.7. The number of carbonyl (C=O) groups excluding carboxylic acids is 2. The summed E-state index contributed by atoms with van der Waals surface area (Å²) in [5.41, 5.74) is 1.57. The molecular weight excluding hydrogens is 500 g/mol. The highest BCUT2D eigenvalue weighted by molar-refractivity contribution is 7.99. The Morgan fingerprint density at radius 1 is 0.784 bits per heavy atom. The van der Waals surface area contributed by atoms with Crippen molar-refractivity contribution in [2.75, 3.05) is 36.2 Å². The van der Waals surface area contributed by atoms with E-state index in [2.05, 4.69) is 17.6 Å². The standard InChI is InChI=1S/C30H44N2O3S2/c1-4-6-7-8-9-10-11-12-21-37-26-16-13-24(14-17-26)30(34)32-27-23-25(29(33)31-19-22-36-3)15-18-28(27)35-20-5-2/h13-18,23H,4-12,19-22H2,1-3H3,(H,31,33)(H,32,34). The highest BCUT2D eigenvalue weighted by Crippen LogP contribution is 2.27. The third-order valence-corrected chi connectivity index (χ3v) is 7.64. The van der Waals surface area contributed by atoms with Crippen molar-refractivity contribution in [1.29, 1.82) is 0 Å². The van der Waals surface area contributed by atoms with Crippen LogP contribution in [0.2, 0.25) is 0 Å². The molecule has 0 aliphatic heterocycles. The molecule has 7 heteroatoms. The summed E-state index contributed by atoms with van der Waals surface area (Å²) >= 11 is 3.52. The van der Waals surface area contributed by atoms with Crippen molar-refractivity contribution in [2.24, 2.45) is 0 Å². The SMILES string of the molecule is CCCCCCCCCCSc1ccc(C(=O)Nc2cc(C(=O)NCCSC)ccc2OCCC)cc1. The van der Waals surface area contributed by atoms with Crippen LogP contribution in [0.15, 0.2) is 47.4 Å². The predicted molar refractivity (Wildman–Crippen MR) is 161 cm³/mol. The van der Waals surface area contributed by atoms with Gasteiger partial charge in [0.15, 0.2) is 0 Å². The largest absolute Gasteiger partial charge is 0.491 e. The smallest absolute Gasteiger partial charge is 0.255 e. The fraction of sp³-hybridized carbons (Fsp3) is 0.533. The van der Waals surface area contributed by atoms with Gasteiger partial charge in [0.25, 0.3) is 11.8 Å². The number of hydrogen-bond acceptors (Lipinski definition) is 5. The van der Waals surface area contributed by atoms with Crippen molar-refractivity contribution in [3.05, 3.63) is 53.6 Å². The zero-order valence-corrected chi connectivity index (χ0v) is 24.4. The van der Waals surface area contributed by atoms with Gasteiger partial charge in [-0.1, -0.05) is 58.8 Å².